The first-order valence-electron chi connectivity index (χ1n) is 8.61. The van der Waals surface area contributed by atoms with Gasteiger partial charge in [0, 0.05) is 37.1 Å². The number of benzene rings is 1. The molecule has 1 amide bonds. The Kier molecular flexibility index (Phi) is 5.63. The average molecular weight is 350 g/mol. The summed E-state index contributed by atoms with van der Waals surface area (Å²) in [5, 5.41) is 7.29. The van der Waals surface area contributed by atoms with Gasteiger partial charge in [0.2, 0.25) is 5.91 Å². The summed E-state index contributed by atoms with van der Waals surface area (Å²) in [7, 11) is 0. The second-order valence-corrected chi connectivity index (χ2v) is 6.17. The van der Waals surface area contributed by atoms with E-state index in [1.54, 1.807) is 21.5 Å². The first-order valence-corrected chi connectivity index (χ1v) is 8.61. The summed E-state index contributed by atoms with van der Waals surface area (Å²) in [4.78, 5) is 24.4. The third kappa shape index (κ3) is 4.47. The van der Waals surface area contributed by atoms with Crippen molar-refractivity contribution < 1.29 is 4.79 Å². The number of hydrogen-bond acceptors (Lipinski definition) is 3. The number of hydrogen-bond donors (Lipinski definition) is 1. The smallest absolute Gasteiger partial charge is 0.250 e. The van der Waals surface area contributed by atoms with Crippen LogP contribution in [0.2, 0.25) is 0 Å². The minimum atomic E-state index is -0.183. The summed E-state index contributed by atoms with van der Waals surface area (Å²) in [5.74, 6) is -0.0961. The van der Waals surface area contributed by atoms with Gasteiger partial charge in [0.1, 0.15) is 0 Å². The number of aromatic nitrogens is 3. The zero-order valence-electron chi connectivity index (χ0n) is 14.7. The highest BCUT2D eigenvalue weighted by atomic mass is 16.2. The van der Waals surface area contributed by atoms with Gasteiger partial charge >= 0.3 is 0 Å². The molecule has 2 aromatic heterocycles. The maximum atomic E-state index is 12.5. The molecule has 1 aromatic carbocycles. The van der Waals surface area contributed by atoms with Gasteiger partial charge in [-0.15, -0.1) is 0 Å². The van der Waals surface area contributed by atoms with Crippen LogP contribution in [0.15, 0.2) is 71.8 Å². The zero-order valence-corrected chi connectivity index (χ0v) is 14.7. The molecule has 0 aliphatic carbocycles. The van der Waals surface area contributed by atoms with Gasteiger partial charge in [-0.1, -0.05) is 36.4 Å². The molecule has 0 radical (unpaired) electrons. The van der Waals surface area contributed by atoms with Crippen molar-refractivity contribution in [2.45, 2.75) is 32.5 Å². The molecule has 6 heteroatoms. The first-order chi connectivity index (χ1) is 12.6. The van der Waals surface area contributed by atoms with Crippen LogP contribution in [-0.4, -0.2) is 20.3 Å². The third-order valence-corrected chi connectivity index (χ3v) is 4.30. The quantitative estimate of drug-likeness (QED) is 0.711. The summed E-state index contributed by atoms with van der Waals surface area (Å²) in [6.07, 6.45) is 3.83. The molecule has 3 aromatic rings. The van der Waals surface area contributed by atoms with Gasteiger partial charge in [0.05, 0.1) is 12.6 Å². The van der Waals surface area contributed by atoms with E-state index in [0.29, 0.717) is 13.1 Å². The molecule has 3 rings (SSSR count). The lowest BCUT2D eigenvalue weighted by atomic mass is 10.1. The van der Waals surface area contributed by atoms with Crippen LogP contribution in [-0.2, 0) is 17.9 Å². The molecule has 0 aliphatic rings. The number of carbonyl (C=O) groups is 1. The molecule has 2 heterocycles. The summed E-state index contributed by atoms with van der Waals surface area (Å²) >= 11 is 0. The Labute approximate surface area is 152 Å². The lowest BCUT2D eigenvalue weighted by Crippen LogP contribution is -2.33. The lowest BCUT2D eigenvalue weighted by molar-refractivity contribution is -0.122. The number of nitrogens with one attached hydrogen (secondary N) is 1. The Morgan fingerprint density at radius 2 is 1.92 bits per heavy atom. The molecule has 0 fully saturated rings. The number of aryl methyl sites for hydroxylation is 1. The molecular formula is C20H22N4O2. The van der Waals surface area contributed by atoms with Gasteiger partial charge in [-0.05, 0) is 24.6 Å². The van der Waals surface area contributed by atoms with Crippen LogP contribution in [0, 0.1) is 6.92 Å². The van der Waals surface area contributed by atoms with E-state index >= 15 is 0 Å². The highest BCUT2D eigenvalue weighted by Crippen LogP contribution is 2.15. The van der Waals surface area contributed by atoms with E-state index in [1.807, 2.05) is 55.6 Å². The van der Waals surface area contributed by atoms with Crippen molar-refractivity contribution in [3.8, 4) is 0 Å². The first kappa shape index (κ1) is 17.7. The van der Waals surface area contributed by atoms with E-state index < -0.39 is 0 Å². The molecule has 0 aliphatic heterocycles. The van der Waals surface area contributed by atoms with Crippen molar-refractivity contribution in [1.29, 1.82) is 0 Å². The van der Waals surface area contributed by atoms with Crippen LogP contribution in [0.1, 0.15) is 23.7 Å². The minimum Gasteiger partial charge on any atom is -0.347 e. The fourth-order valence-electron chi connectivity index (χ4n) is 2.91. The molecular weight excluding hydrogens is 328 g/mol. The number of amides is 1. The summed E-state index contributed by atoms with van der Waals surface area (Å²) in [5.41, 5.74) is 1.78. The summed E-state index contributed by atoms with van der Waals surface area (Å²) < 4.78 is 3.41. The largest absolute Gasteiger partial charge is 0.347 e. The Morgan fingerprint density at radius 1 is 1.12 bits per heavy atom. The highest BCUT2D eigenvalue weighted by Gasteiger charge is 2.15. The van der Waals surface area contributed by atoms with Crippen LogP contribution in [0.5, 0.6) is 0 Å². The topological polar surface area (TPSA) is 68.9 Å². The average Bonchev–Trinajstić information content (AvgIpc) is 3.15. The van der Waals surface area contributed by atoms with E-state index in [9.17, 15) is 9.59 Å². The van der Waals surface area contributed by atoms with Crippen molar-refractivity contribution in [3.63, 3.8) is 0 Å². The van der Waals surface area contributed by atoms with E-state index in [-0.39, 0.29) is 23.9 Å². The monoisotopic (exact) mass is 350 g/mol. The van der Waals surface area contributed by atoms with Crippen molar-refractivity contribution in [3.05, 3.63) is 88.6 Å². The molecule has 0 saturated carbocycles. The normalized spacial score (nSPS) is 11.9. The van der Waals surface area contributed by atoms with Crippen LogP contribution < -0.4 is 10.9 Å². The molecule has 0 bridgehead atoms. The number of carbonyl (C=O) groups excluding carboxylic acids is 1. The molecule has 1 atom stereocenters. The zero-order chi connectivity index (χ0) is 18.4. The maximum Gasteiger partial charge on any atom is 0.250 e. The molecule has 1 unspecified atom stereocenters. The van der Waals surface area contributed by atoms with Gasteiger partial charge in [-0.25, -0.2) is 0 Å². The molecule has 134 valence electrons. The predicted octanol–water partition coefficient (Wildman–Crippen LogP) is 2.30. The van der Waals surface area contributed by atoms with Crippen molar-refractivity contribution in [1.82, 2.24) is 19.7 Å². The van der Waals surface area contributed by atoms with Gasteiger partial charge in [0.25, 0.3) is 5.56 Å². The van der Waals surface area contributed by atoms with Crippen molar-refractivity contribution in [2.24, 2.45) is 0 Å². The van der Waals surface area contributed by atoms with Gasteiger partial charge in [-0.2, -0.15) is 5.10 Å². The van der Waals surface area contributed by atoms with Crippen molar-refractivity contribution >= 4 is 5.91 Å². The highest BCUT2D eigenvalue weighted by molar-refractivity contribution is 5.76. The van der Waals surface area contributed by atoms with Crippen molar-refractivity contribution in [2.75, 3.05) is 0 Å². The van der Waals surface area contributed by atoms with Crippen LogP contribution in [0.25, 0.3) is 0 Å². The van der Waals surface area contributed by atoms with Gasteiger partial charge in [-0.3, -0.25) is 14.3 Å². The Hall–Kier alpha value is -3.15. The van der Waals surface area contributed by atoms with Crippen LogP contribution in [0.3, 0.4) is 0 Å². The third-order valence-electron chi connectivity index (χ3n) is 4.30. The fourth-order valence-corrected chi connectivity index (χ4v) is 2.91. The number of nitrogens with zero attached hydrogens (tertiary/aromatic N) is 3. The van der Waals surface area contributed by atoms with E-state index in [2.05, 4.69) is 10.4 Å². The number of rotatable bonds is 7. The SMILES string of the molecule is Cc1cccc(=O)n1CCC(=O)NC(Cn1cccn1)c1ccccc1. The maximum absolute atomic E-state index is 12.5. The summed E-state index contributed by atoms with van der Waals surface area (Å²) in [6.45, 7) is 2.78. The Morgan fingerprint density at radius 3 is 2.62 bits per heavy atom. The minimum absolute atomic E-state index is 0.0889. The van der Waals surface area contributed by atoms with E-state index in [0.717, 1.165) is 11.3 Å². The molecule has 6 nitrogen and oxygen atoms in total. The van der Waals surface area contributed by atoms with Crippen LogP contribution >= 0.6 is 0 Å². The van der Waals surface area contributed by atoms with Gasteiger partial charge < -0.3 is 9.88 Å². The van der Waals surface area contributed by atoms with E-state index in [1.165, 1.54) is 6.07 Å². The molecule has 0 saturated heterocycles. The molecule has 1 N–H and O–H groups in total. The molecule has 0 spiro atoms. The Bertz CT molecular complexity index is 901. The van der Waals surface area contributed by atoms with Crippen LogP contribution in [0.4, 0.5) is 0 Å². The second-order valence-electron chi connectivity index (χ2n) is 6.17. The van der Waals surface area contributed by atoms with E-state index in [4.69, 9.17) is 0 Å². The molecule has 26 heavy (non-hydrogen) atoms. The summed E-state index contributed by atoms with van der Waals surface area (Å²) in [6, 6.07) is 16.6. The predicted molar refractivity (Wildman–Crippen MR) is 99.6 cm³/mol. The standard InChI is InChI=1S/C20H22N4O2/c1-16-7-5-10-20(26)24(16)14-11-19(25)22-18(15-23-13-6-12-21-23)17-8-3-2-4-9-17/h2-10,12-13,18H,11,14-15H2,1H3,(H,22,25). The number of pyridine rings is 1. The second kappa shape index (κ2) is 8.29. The lowest BCUT2D eigenvalue weighted by Gasteiger charge is -2.20. The van der Waals surface area contributed by atoms with Gasteiger partial charge in [0.15, 0.2) is 0 Å². The fraction of sp³-hybridized carbons (Fsp3) is 0.250. The Balaban J connectivity index is 1.68.